The SMILES string of the molecule is O=C(CC1C(=O)N=C2c3ccccc3N=C(SCc3cccc(Cl)c3)N21)NC1CCCCC1. The molecule has 1 atom stereocenters. The predicted molar refractivity (Wildman–Crippen MR) is 133 cm³/mol. The van der Waals surface area contributed by atoms with Crippen LogP contribution < -0.4 is 5.32 Å². The van der Waals surface area contributed by atoms with Gasteiger partial charge in [0.05, 0.1) is 12.1 Å². The molecule has 0 spiro atoms. The van der Waals surface area contributed by atoms with E-state index in [0.29, 0.717) is 21.8 Å². The van der Waals surface area contributed by atoms with Gasteiger partial charge in [0.15, 0.2) is 5.17 Å². The zero-order chi connectivity index (χ0) is 22.8. The highest BCUT2D eigenvalue weighted by Gasteiger charge is 2.42. The second kappa shape index (κ2) is 9.69. The third kappa shape index (κ3) is 4.84. The van der Waals surface area contributed by atoms with E-state index in [9.17, 15) is 9.59 Å². The Kier molecular flexibility index (Phi) is 6.51. The van der Waals surface area contributed by atoms with Crippen LogP contribution in [0.2, 0.25) is 5.02 Å². The summed E-state index contributed by atoms with van der Waals surface area (Å²) in [6.45, 7) is 0. The number of rotatable bonds is 5. The third-order valence-corrected chi connectivity index (χ3v) is 7.47. The lowest BCUT2D eigenvalue weighted by Crippen LogP contribution is -2.47. The Morgan fingerprint density at radius 2 is 1.91 bits per heavy atom. The highest BCUT2D eigenvalue weighted by Crippen LogP contribution is 2.36. The largest absolute Gasteiger partial charge is 0.353 e. The van der Waals surface area contributed by atoms with E-state index in [1.165, 1.54) is 18.2 Å². The number of nitrogens with one attached hydrogen (secondary N) is 1. The quantitative estimate of drug-likeness (QED) is 0.648. The van der Waals surface area contributed by atoms with E-state index in [1.54, 1.807) is 0 Å². The van der Waals surface area contributed by atoms with Crippen LogP contribution in [0.1, 0.15) is 49.7 Å². The van der Waals surface area contributed by atoms with Crippen molar-refractivity contribution in [2.24, 2.45) is 9.98 Å². The van der Waals surface area contributed by atoms with E-state index in [-0.39, 0.29) is 24.3 Å². The van der Waals surface area contributed by atoms with Crippen molar-refractivity contribution in [1.29, 1.82) is 0 Å². The van der Waals surface area contributed by atoms with E-state index in [0.717, 1.165) is 42.5 Å². The summed E-state index contributed by atoms with van der Waals surface area (Å²) in [5.41, 5.74) is 2.65. The summed E-state index contributed by atoms with van der Waals surface area (Å²) in [4.78, 5) is 36.9. The molecule has 0 bridgehead atoms. The number of hydrogen-bond acceptors (Lipinski definition) is 5. The molecule has 1 aliphatic carbocycles. The smallest absolute Gasteiger partial charge is 0.271 e. The maximum Gasteiger partial charge on any atom is 0.271 e. The van der Waals surface area contributed by atoms with E-state index >= 15 is 0 Å². The van der Waals surface area contributed by atoms with Gasteiger partial charge in [-0.3, -0.25) is 14.5 Å². The molecule has 1 fully saturated rings. The molecule has 1 N–H and O–H groups in total. The monoisotopic (exact) mass is 480 g/mol. The van der Waals surface area contributed by atoms with Gasteiger partial charge in [-0.05, 0) is 42.7 Å². The second-order valence-electron chi connectivity index (χ2n) is 8.60. The average molecular weight is 481 g/mol. The minimum Gasteiger partial charge on any atom is -0.353 e. The van der Waals surface area contributed by atoms with Crippen LogP contribution in [0.5, 0.6) is 0 Å². The molecule has 0 saturated heterocycles. The van der Waals surface area contributed by atoms with Crippen LogP contribution in [0.15, 0.2) is 58.5 Å². The van der Waals surface area contributed by atoms with E-state index < -0.39 is 6.04 Å². The summed E-state index contributed by atoms with van der Waals surface area (Å²) in [5.74, 6) is 0.821. The molecule has 2 amide bonds. The fraction of sp³-hybridized carbons (Fsp3) is 0.360. The van der Waals surface area contributed by atoms with Gasteiger partial charge in [0.2, 0.25) is 5.91 Å². The molecule has 5 rings (SSSR count). The number of halogens is 1. The maximum absolute atomic E-state index is 13.0. The van der Waals surface area contributed by atoms with E-state index in [1.807, 2.05) is 53.4 Å². The number of fused-ring (bicyclic) bond motifs is 3. The summed E-state index contributed by atoms with van der Waals surface area (Å²) >= 11 is 7.66. The van der Waals surface area contributed by atoms with Crippen LogP contribution >= 0.6 is 23.4 Å². The first-order chi connectivity index (χ1) is 16.1. The molecule has 1 saturated carbocycles. The van der Waals surface area contributed by atoms with Crippen LogP contribution in [-0.4, -0.2) is 39.8 Å². The Morgan fingerprint density at radius 1 is 1.09 bits per heavy atom. The summed E-state index contributed by atoms with van der Waals surface area (Å²) in [7, 11) is 0. The first-order valence-corrected chi connectivity index (χ1v) is 12.7. The average Bonchev–Trinajstić information content (AvgIpc) is 3.14. The van der Waals surface area contributed by atoms with Gasteiger partial charge in [0, 0.05) is 22.4 Å². The predicted octanol–water partition coefficient (Wildman–Crippen LogP) is 5.07. The fourth-order valence-electron chi connectivity index (χ4n) is 4.59. The third-order valence-electron chi connectivity index (χ3n) is 6.21. The van der Waals surface area contributed by atoms with E-state index in [4.69, 9.17) is 16.6 Å². The molecule has 170 valence electrons. The van der Waals surface area contributed by atoms with Crippen LogP contribution in [0.4, 0.5) is 5.69 Å². The normalized spacial score (nSPS) is 20.1. The number of nitrogens with zero attached hydrogens (tertiary/aromatic N) is 3. The van der Waals surface area contributed by atoms with Gasteiger partial charge in [-0.15, -0.1) is 0 Å². The van der Waals surface area contributed by atoms with Crippen molar-refractivity contribution >= 4 is 51.9 Å². The lowest BCUT2D eigenvalue weighted by Gasteiger charge is -2.31. The van der Waals surface area contributed by atoms with Crippen molar-refractivity contribution in [2.45, 2.75) is 56.4 Å². The van der Waals surface area contributed by atoms with Gasteiger partial charge in [-0.1, -0.05) is 66.9 Å². The molecule has 2 heterocycles. The molecular formula is C25H25ClN4O2S. The first-order valence-electron chi connectivity index (χ1n) is 11.3. The lowest BCUT2D eigenvalue weighted by atomic mass is 9.95. The van der Waals surface area contributed by atoms with Gasteiger partial charge >= 0.3 is 0 Å². The van der Waals surface area contributed by atoms with Gasteiger partial charge in [0.25, 0.3) is 5.91 Å². The number of carbonyl (C=O) groups is 2. The van der Waals surface area contributed by atoms with E-state index in [2.05, 4.69) is 10.3 Å². The van der Waals surface area contributed by atoms with Crippen LogP contribution in [0, 0.1) is 0 Å². The zero-order valence-corrected chi connectivity index (χ0v) is 19.7. The molecule has 0 radical (unpaired) electrons. The number of carbonyl (C=O) groups excluding carboxylic acids is 2. The number of hydrogen-bond donors (Lipinski definition) is 1. The number of amidine groups is 2. The zero-order valence-electron chi connectivity index (χ0n) is 18.2. The van der Waals surface area contributed by atoms with Crippen molar-refractivity contribution in [3.63, 3.8) is 0 Å². The standard InChI is InChI=1S/C25H25ClN4O2S/c26-17-8-6-7-16(13-17)15-33-25-28-20-12-5-4-11-19(20)23-29-24(32)21(30(23)25)14-22(31)27-18-9-2-1-3-10-18/h4-8,11-13,18,21H,1-3,9-10,14-15H2,(H,27,31). The molecule has 33 heavy (non-hydrogen) atoms. The topological polar surface area (TPSA) is 74.1 Å². The van der Waals surface area contributed by atoms with Gasteiger partial charge in [-0.25, -0.2) is 4.99 Å². The number of thioether (sulfide) groups is 1. The van der Waals surface area contributed by atoms with Gasteiger partial charge in [-0.2, -0.15) is 4.99 Å². The highest BCUT2D eigenvalue weighted by atomic mass is 35.5. The van der Waals surface area contributed by atoms with Gasteiger partial charge in [0.1, 0.15) is 11.9 Å². The van der Waals surface area contributed by atoms with Crippen LogP contribution in [0.25, 0.3) is 0 Å². The van der Waals surface area contributed by atoms with Crippen molar-refractivity contribution in [3.05, 3.63) is 64.7 Å². The number of benzene rings is 2. The minimum absolute atomic E-state index is 0.0707. The van der Waals surface area contributed by atoms with Gasteiger partial charge < -0.3 is 5.32 Å². The van der Waals surface area contributed by atoms with Crippen molar-refractivity contribution < 1.29 is 9.59 Å². The summed E-state index contributed by atoms with van der Waals surface area (Å²) in [6, 6.07) is 14.9. The molecule has 8 heteroatoms. The molecule has 2 aromatic rings. The summed E-state index contributed by atoms with van der Waals surface area (Å²) in [6.07, 6.45) is 5.58. The number of para-hydroxylation sites is 1. The number of aliphatic imine (C=N–C) groups is 2. The Bertz CT molecular complexity index is 1140. The van der Waals surface area contributed by atoms with Crippen molar-refractivity contribution in [2.75, 3.05) is 0 Å². The molecule has 2 aliphatic heterocycles. The molecule has 6 nitrogen and oxygen atoms in total. The Labute approximate surface area is 202 Å². The highest BCUT2D eigenvalue weighted by molar-refractivity contribution is 8.13. The molecule has 0 aromatic heterocycles. The maximum atomic E-state index is 13.0. The van der Waals surface area contributed by atoms with Crippen LogP contribution in [-0.2, 0) is 15.3 Å². The van der Waals surface area contributed by atoms with Crippen LogP contribution in [0.3, 0.4) is 0 Å². The molecular weight excluding hydrogens is 456 g/mol. The lowest BCUT2D eigenvalue weighted by molar-refractivity contribution is -0.127. The Morgan fingerprint density at radius 3 is 2.73 bits per heavy atom. The fourth-order valence-corrected chi connectivity index (χ4v) is 5.79. The first kappa shape index (κ1) is 22.2. The summed E-state index contributed by atoms with van der Waals surface area (Å²) < 4.78 is 0. The minimum atomic E-state index is -0.678. The number of amides is 2. The van der Waals surface area contributed by atoms with Crippen molar-refractivity contribution in [3.8, 4) is 0 Å². The summed E-state index contributed by atoms with van der Waals surface area (Å²) in [5, 5.41) is 4.49. The Balaban J connectivity index is 1.38. The molecule has 1 unspecified atom stereocenters. The second-order valence-corrected chi connectivity index (χ2v) is 9.98. The Hall–Kier alpha value is -2.64. The molecule has 2 aromatic carbocycles. The molecule has 3 aliphatic rings. The van der Waals surface area contributed by atoms with Crippen molar-refractivity contribution in [1.82, 2.24) is 10.2 Å².